The smallest absolute Gasteiger partial charge is 0.269 e. The zero-order valence-corrected chi connectivity index (χ0v) is 11.9. The summed E-state index contributed by atoms with van der Waals surface area (Å²) in [7, 11) is 0. The molecule has 2 aromatic rings. The van der Waals surface area contributed by atoms with Crippen LogP contribution in [0.2, 0.25) is 0 Å². The summed E-state index contributed by atoms with van der Waals surface area (Å²) in [5.41, 5.74) is 1.99. The van der Waals surface area contributed by atoms with Crippen LogP contribution in [0.1, 0.15) is 18.9 Å². The molecular formula is C16H18N2O3. The monoisotopic (exact) mass is 286 g/mol. The van der Waals surface area contributed by atoms with E-state index < -0.39 is 4.92 Å². The fraction of sp³-hybridized carbons (Fsp3) is 0.250. The maximum atomic E-state index is 10.6. The molecule has 0 aliphatic rings. The Labute approximate surface area is 123 Å². The number of nitro benzene ring substituents is 1. The minimum Gasteiger partial charge on any atom is -0.493 e. The molecule has 0 spiro atoms. The van der Waals surface area contributed by atoms with Gasteiger partial charge < -0.3 is 10.1 Å². The third-order valence-electron chi connectivity index (χ3n) is 3.00. The van der Waals surface area contributed by atoms with Crippen LogP contribution >= 0.6 is 0 Å². The van der Waals surface area contributed by atoms with E-state index in [-0.39, 0.29) is 5.69 Å². The van der Waals surface area contributed by atoms with Crippen LogP contribution in [0, 0.1) is 10.1 Å². The van der Waals surface area contributed by atoms with Crippen molar-refractivity contribution in [3.63, 3.8) is 0 Å². The Kier molecular flexibility index (Phi) is 5.15. The third-order valence-corrected chi connectivity index (χ3v) is 3.00. The van der Waals surface area contributed by atoms with Gasteiger partial charge in [-0.2, -0.15) is 0 Å². The lowest BCUT2D eigenvalue weighted by Crippen LogP contribution is -2.04. The van der Waals surface area contributed by atoms with Crippen molar-refractivity contribution in [3.8, 4) is 5.75 Å². The number of nitrogens with one attached hydrogen (secondary N) is 1. The topological polar surface area (TPSA) is 64.4 Å². The molecular weight excluding hydrogens is 268 g/mol. The van der Waals surface area contributed by atoms with E-state index in [1.165, 1.54) is 12.1 Å². The molecule has 0 aliphatic heterocycles. The summed E-state index contributed by atoms with van der Waals surface area (Å²) in [6.45, 7) is 3.37. The van der Waals surface area contributed by atoms with Crippen molar-refractivity contribution in [2.24, 2.45) is 0 Å². The van der Waals surface area contributed by atoms with E-state index in [2.05, 4.69) is 12.2 Å². The van der Waals surface area contributed by atoms with Crippen molar-refractivity contribution in [2.75, 3.05) is 11.9 Å². The summed E-state index contributed by atoms with van der Waals surface area (Å²) in [6, 6.07) is 14.2. The Morgan fingerprint density at radius 3 is 2.52 bits per heavy atom. The van der Waals surface area contributed by atoms with Gasteiger partial charge in [-0.25, -0.2) is 0 Å². The molecule has 0 saturated heterocycles. The minimum atomic E-state index is -0.405. The van der Waals surface area contributed by atoms with Crippen molar-refractivity contribution in [1.29, 1.82) is 0 Å². The first-order chi connectivity index (χ1) is 10.2. The standard InChI is InChI=1S/C16H18N2O3/c1-2-11-21-16-6-4-3-5-13(16)12-17-14-7-9-15(10-8-14)18(19)20/h3-10,17H,2,11-12H2,1H3. The average molecular weight is 286 g/mol. The molecule has 1 N–H and O–H groups in total. The molecule has 0 aromatic heterocycles. The first kappa shape index (κ1) is 14.8. The highest BCUT2D eigenvalue weighted by Crippen LogP contribution is 2.21. The summed E-state index contributed by atoms with van der Waals surface area (Å²) < 4.78 is 5.70. The highest BCUT2D eigenvalue weighted by molar-refractivity contribution is 5.49. The van der Waals surface area contributed by atoms with Crippen LogP contribution in [0.25, 0.3) is 0 Å². The summed E-state index contributed by atoms with van der Waals surface area (Å²) >= 11 is 0. The van der Waals surface area contributed by atoms with Crippen molar-refractivity contribution in [3.05, 3.63) is 64.2 Å². The number of para-hydroxylation sites is 1. The predicted molar refractivity (Wildman–Crippen MR) is 82.7 cm³/mol. The molecule has 0 saturated carbocycles. The van der Waals surface area contributed by atoms with Crippen LogP contribution in [0.15, 0.2) is 48.5 Å². The largest absolute Gasteiger partial charge is 0.493 e. The summed E-state index contributed by atoms with van der Waals surface area (Å²) in [4.78, 5) is 10.2. The van der Waals surface area contributed by atoms with Crippen LogP contribution in [-0.2, 0) is 6.54 Å². The Hall–Kier alpha value is -2.56. The van der Waals surface area contributed by atoms with Gasteiger partial charge in [0.2, 0.25) is 0 Å². The number of hydrogen-bond donors (Lipinski definition) is 1. The van der Waals surface area contributed by atoms with Crippen LogP contribution in [0.4, 0.5) is 11.4 Å². The average Bonchev–Trinajstić information content (AvgIpc) is 2.52. The predicted octanol–water partition coefficient (Wildman–Crippen LogP) is 4.00. The van der Waals surface area contributed by atoms with Gasteiger partial charge in [0.25, 0.3) is 5.69 Å². The second-order valence-electron chi connectivity index (χ2n) is 4.61. The SMILES string of the molecule is CCCOc1ccccc1CNc1ccc([N+](=O)[O-])cc1. The molecule has 0 radical (unpaired) electrons. The first-order valence-electron chi connectivity index (χ1n) is 6.89. The molecule has 2 aromatic carbocycles. The van der Waals surface area contributed by atoms with E-state index in [0.717, 1.165) is 23.4 Å². The third kappa shape index (κ3) is 4.21. The molecule has 0 heterocycles. The summed E-state index contributed by atoms with van der Waals surface area (Å²) in [5, 5.41) is 13.8. The van der Waals surface area contributed by atoms with E-state index in [9.17, 15) is 10.1 Å². The molecule has 2 rings (SSSR count). The van der Waals surface area contributed by atoms with E-state index in [1.807, 2.05) is 24.3 Å². The first-order valence-corrected chi connectivity index (χ1v) is 6.89. The molecule has 21 heavy (non-hydrogen) atoms. The molecule has 0 aliphatic carbocycles. The summed E-state index contributed by atoms with van der Waals surface area (Å²) in [6.07, 6.45) is 0.962. The van der Waals surface area contributed by atoms with Crippen LogP contribution in [-0.4, -0.2) is 11.5 Å². The van der Waals surface area contributed by atoms with Crippen molar-refractivity contribution in [1.82, 2.24) is 0 Å². The molecule has 0 amide bonds. The van der Waals surface area contributed by atoms with Crippen molar-refractivity contribution < 1.29 is 9.66 Å². The van der Waals surface area contributed by atoms with E-state index in [0.29, 0.717) is 13.2 Å². The van der Waals surface area contributed by atoms with Gasteiger partial charge in [-0.3, -0.25) is 10.1 Å². The fourth-order valence-electron chi connectivity index (χ4n) is 1.90. The lowest BCUT2D eigenvalue weighted by Gasteiger charge is -2.12. The Morgan fingerprint density at radius 2 is 1.86 bits per heavy atom. The maximum absolute atomic E-state index is 10.6. The second kappa shape index (κ2) is 7.28. The van der Waals surface area contributed by atoms with Gasteiger partial charge in [0.15, 0.2) is 0 Å². The number of non-ortho nitro benzene ring substituents is 1. The molecule has 110 valence electrons. The van der Waals surface area contributed by atoms with E-state index in [1.54, 1.807) is 12.1 Å². The Morgan fingerprint density at radius 1 is 1.14 bits per heavy atom. The number of nitro groups is 1. The van der Waals surface area contributed by atoms with Gasteiger partial charge in [0, 0.05) is 29.9 Å². The Bertz CT molecular complexity index is 597. The fourth-order valence-corrected chi connectivity index (χ4v) is 1.90. The van der Waals surface area contributed by atoms with Gasteiger partial charge in [-0.15, -0.1) is 0 Å². The van der Waals surface area contributed by atoms with Gasteiger partial charge in [0.05, 0.1) is 11.5 Å². The highest BCUT2D eigenvalue weighted by Gasteiger charge is 2.05. The normalized spacial score (nSPS) is 10.1. The van der Waals surface area contributed by atoms with E-state index >= 15 is 0 Å². The van der Waals surface area contributed by atoms with Gasteiger partial charge in [-0.1, -0.05) is 25.1 Å². The van der Waals surface area contributed by atoms with Gasteiger partial charge >= 0.3 is 0 Å². The number of ether oxygens (including phenoxy) is 1. The van der Waals surface area contributed by atoms with Crippen LogP contribution in [0.5, 0.6) is 5.75 Å². The van der Waals surface area contributed by atoms with Gasteiger partial charge in [0.1, 0.15) is 5.75 Å². The van der Waals surface area contributed by atoms with Gasteiger partial charge in [-0.05, 0) is 24.6 Å². The number of anilines is 1. The Balaban J connectivity index is 2.00. The second-order valence-corrected chi connectivity index (χ2v) is 4.61. The number of benzene rings is 2. The molecule has 5 nitrogen and oxygen atoms in total. The molecule has 0 fully saturated rings. The molecule has 0 unspecified atom stereocenters. The van der Waals surface area contributed by atoms with Crippen molar-refractivity contribution in [2.45, 2.75) is 19.9 Å². The van der Waals surface area contributed by atoms with Crippen molar-refractivity contribution >= 4 is 11.4 Å². The zero-order chi connectivity index (χ0) is 15.1. The van der Waals surface area contributed by atoms with Crippen LogP contribution in [0.3, 0.4) is 0 Å². The zero-order valence-electron chi connectivity index (χ0n) is 11.9. The lowest BCUT2D eigenvalue weighted by molar-refractivity contribution is -0.384. The number of hydrogen-bond acceptors (Lipinski definition) is 4. The lowest BCUT2D eigenvalue weighted by atomic mass is 10.2. The minimum absolute atomic E-state index is 0.0900. The molecule has 0 bridgehead atoms. The van der Waals surface area contributed by atoms with E-state index in [4.69, 9.17) is 4.74 Å². The maximum Gasteiger partial charge on any atom is 0.269 e. The highest BCUT2D eigenvalue weighted by atomic mass is 16.6. The van der Waals surface area contributed by atoms with Crippen LogP contribution < -0.4 is 10.1 Å². The molecule has 5 heteroatoms. The molecule has 0 atom stereocenters. The number of nitrogens with zero attached hydrogens (tertiary/aromatic N) is 1. The quantitative estimate of drug-likeness (QED) is 0.617. The number of rotatable bonds is 7. The summed E-state index contributed by atoms with van der Waals surface area (Å²) in [5.74, 6) is 0.869.